The summed E-state index contributed by atoms with van der Waals surface area (Å²) >= 11 is 0. The molecule has 1 N–H and O–H groups in total. The van der Waals surface area contributed by atoms with Crippen LogP contribution >= 0.6 is 0 Å². The van der Waals surface area contributed by atoms with Crippen molar-refractivity contribution in [3.05, 3.63) is 102 Å². The fourth-order valence-electron chi connectivity index (χ4n) is 4.46. The van der Waals surface area contributed by atoms with E-state index in [0.717, 1.165) is 25.1 Å². The largest absolute Gasteiger partial charge is 0.372 e. The van der Waals surface area contributed by atoms with Gasteiger partial charge in [0, 0.05) is 24.2 Å². The molecular weight excluding hydrogens is 382 g/mol. The molecule has 3 aromatic rings. The fourth-order valence-corrected chi connectivity index (χ4v) is 4.46. The van der Waals surface area contributed by atoms with Crippen molar-refractivity contribution in [1.29, 1.82) is 0 Å². The maximum absolute atomic E-state index is 12.9. The average molecular weight is 412 g/mol. The van der Waals surface area contributed by atoms with Crippen LogP contribution in [0.5, 0.6) is 0 Å². The molecule has 1 aliphatic rings. The van der Waals surface area contributed by atoms with Crippen LogP contribution in [0.3, 0.4) is 0 Å². The predicted octanol–water partition coefficient (Wildman–Crippen LogP) is 4.99. The van der Waals surface area contributed by atoms with Gasteiger partial charge in [0.05, 0.1) is 12.1 Å². The van der Waals surface area contributed by atoms with Gasteiger partial charge in [0.15, 0.2) is 0 Å². The number of anilines is 1. The molecule has 1 saturated carbocycles. The standard InChI is InChI=1S/C27H29N3O/c1-3-30(4-2)24-17-15-21(16-18-24)20-28-29-26(31)25-19-27(25,22-11-7-5-8-12-22)23-13-9-6-10-14-23/h5-18,20,25H,3-4,19H2,1-2H3,(H,29,31)/b28-20-. The molecule has 4 heteroatoms. The summed E-state index contributed by atoms with van der Waals surface area (Å²) in [5.41, 5.74) is 7.01. The lowest BCUT2D eigenvalue weighted by Crippen LogP contribution is -2.25. The van der Waals surface area contributed by atoms with Crippen molar-refractivity contribution >= 4 is 17.8 Å². The van der Waals surface area contributed by atoms with Crippen LogP contribution < -0.4 is 10.3 Å². The van der Waals surface area contributed by atoms with E-state index in [1.807, 2.05) is 48.5 Å². The van der Waals surface area contributed by atoms with E-state index < -0.39 is 0 Å². The van der Waals surface area contributed by atoms with E-state index in [2.05, 4.69) is 65.7 Å². The van der Waals surface area contributed by atoms with Crippen molar-refractivity contribution < 1.29 is 4.79 Å². The van der Waals surface area contributed by atoms with Crippen molar-refractivity contribution in [3.63, 3.8) is 0 Å². The lowest BCUT2D eigenvalue weighted by Gasteiger charge is -2.20. The number of hydrazone groups is 1. The van der Waals surface area contributed by atoms with Gasteiger partial charge in [-0.2, -0.15) is 5.10 Å². The summed E-state index contributed by atoms with van der Waals surface area (Å²) in [5, 5.41) is 4.23. The van der Waals surface area contributed by atoms with Crippen LogP contribution in [0.25, 0.3) is 0 Å². The molecule has 4 nitrogen and oxygen atoms in total. The number of hydrogen-bond donors (Lipinski definition) is 1. The molecule has 0 bridgehead atoms. The molecule has 0 radical (unpaired) electrons. The molecule has 0 aliphatic heterocycles. The van der Waals surface area contributed by atoms with Crippen LogP contribution in [0.1, 0.15) is 37.0 Å². The van der Waals surface area contributed by atoms with Crippen molar-refractivity contribution in [2.45, 2.75) is 25.7 Å². The van der Waals surface area contributed by atoms with Gasteiger partial charge >= 0.3 is 0 Å². The van der Waals surface area contributed by atoms with Gasteiger partial charge in [0.25, 0.3) is 0 Å². The molecule has 0 saturated heterocycles. The molecule has 1 atom stereocenters. The number of nitrogens with one attached hydrogen (secondary N) is 1. The van der Waals surface area contributed by atoms with E-state index in [1.165, 1.54) is 16.8 Å². The first-order valence-electron chi connectivity index (χ1n) is 11.0. The molecule has 31 heavy (non-hydrogen) atoms. The number of carbonyl (C=O) groups excluding carboxylic acids is 1. The van der Waals surface area contributed by atoms with E-state index >= 15 is 0 Å². The third-order valence-electron chi connectivity index (χ3n) is 6.27. The summed E-state index contributed by atoms with van der Waals surface area (Å²) in [6.07, 6.45) is 2.50. The minimum atomic E-state index is -0.270. The van der Waals surface area contributed by atoms with Crippen molar-refractivity contribution in [2.24, 2.45) is 11.0 Å². The monoisotopic (exact) mass is 411 g/mol. The Balaban J connectivity index is 1.45. The van der Waals surface area contributed by atoms with E-state index in [1.54, 1.807) is 6.21 Å². The van der Waals surface area contributed by atoms with Crippen LogP contribution in [0.4, 0.5) is 5.69 Å². The topological polar surface area (TPSA) is 44.7 Å². The maximum atomic E-state index is 12.9. The first kappa shape index (κ1) is 20.9. The van der Waals surface area contributed by atoms with Crippen molar-refractivity contribution in [2.75, 3.05) is 18.0 Å². The minimum Gasteiger partial charge on any atom is -0.372 e. The Hall–Kier alpha value is -3.40. The van der Waals surface area contributed by atoms with E-state index in [-0.39, 0.29) is 17.2 Å². The zero-order valence-electron chi connectivity index (χ0n) is 18.2. The van der Waals surface area contributed by atoms with Gasteiger partial charge in [-0.1, -0.05) is 72.8 Å². The highest BCUT2D eigenvalue weighted by atomic mass is 16.2. The number of hydrogen-bond acceptors (Lipinski definition) is 3. The summed E-state index contributed by atoms with van der Waals surface area (Å²) in [7, 11) is 0. The second kappa shape index (κ2) is 9.17. The van der Waals surface area contributed by atoms with Gasteiger partial charge in [0.1, 0.15) is 0 Å². The zero-order valence-corrected chi connectivity index (χ0v) is 18.2. The Morgan fingerprint density at radius 1 is 0.935 bits per heavy atom. The van der Waals surface area contributed by atoms with Crippen molar-refractivity contribution in [1.82, 2.24) is 5.43 Å². The second-order valence-corrected chi connectivity index (χ2v) is 7.96. The van der Waals surface area contributed by atoms with Gasteiger partial charge in [-0.3, -0.25) is 4.79 Å². The molecule has 1 fully saturated rings. The summed E-state index contributed by atoms with van der Waals surface area (Å²) < 4.78 is 0. The fraction of sp³-hybridized carbons (Fsp3) is 0.259. The van der Waals surface area contributed by atoms with Gasteiger partial charge < -0.3 is 4.90 Å². The first-order valence-corrected chi connectivity index (χ1v) is 11.0. The third-order valence-corrected chi connectivity index (χ3v) is 6.27. The minimum absolute atomic E-state index is 0.0382. The van der Waals surface area contributed by atoms with Crippen LogP contribution in [-0.2, 0) is 10.2 Å². The van der Waals surface area contributed by atoms with Gasteiger partial charge in [-0.05, 0) is 49.1 Å². The Kier molecular flexibility index (Phi) is 6.17. The Morgan fingerprint density at radius 2 is 1.48 bits per heavy atom. The molecule has 1 aliphatic carbocycles. The second-order valence-electron chi connectivity index (χ2n) is 7.96. The molecular formula is C27H29N3O. The highest BCUT2D eigenvalue weighted by molar-refractivity contribution is 5.87. The summed E-state index contributed by atoms with van der Waals surface area (Å²) in [4.78, 5) is 15.2. The Labute approximate surface area is 184 Å². The SMILES string of the molecule is CCN(CC)c1ccc(/C=N\NC(=O)C2CC2(c2ccccc2)c2ccccc2)cc1. The third kappa shape index (κ3) is 4.24. The summed E-state index contributed by atoms with van der Waals surface area (Å²) in [6, 6.07) is 28.8. The quantitative estimate of drug-likeness (QED) is 0.419. The molecule has 3 aromatic carbocycles. The Bertz CT molecular complexity index is 986. The van der Waals surface area contributed by atoms with Crippen LogP contribution in [0, 0.1) is 5.92 Å². The molecule has 1 amide bonds. The zero-order chi connectivity index (χ0) is 21.7. The number of carbonyl (C=O) groups is 1. The summed E-state index contributed by atoms with van der Waals surface area (Å²) in [6.45, 7) is 6.26. The molecule has 0 heterocycles. The number of amides is 1. The molecule has 0 spiro atoms. The predicted molar refractivity (Wildman–Crippen MR) is 128 cm³/mol. The molecule has 1 unspecified atom stereocenters. The number of rotatable bonds is 8. The molecule has 158 valence electrons. The first-order chi connectivity index (χ1) is 15.2. The van der Waals surface area contributed by atoms with Gasteiger partial charge in [0.2, 0.25) is 5.91 Å². The Morgan fingerprint density at radius 3 is 2.00 bits per heavy atom. The van der Waals surface area contributed by atoms with Crippen LogP contribution in [0.15, 0.2) is 90.0 Å². The van der Waals surface area contributed by atoms with Gasteiger partial charge in [-0.15, -0.1) is 0 Å². The maximum Gasteiger partial charge on any atom is 0.244 e. The number of nitrogens with zero attached hydrogens (tertiary/aromatic N) is 2. The lowest BCUT2D eigenvalue weighted by molar-refractivity contribution is -0.122. The van der Waals surface area contributed by atoms with Crippen molar-refractivity contribution in [3.8, 4) is 0 Å². The number of benzene rings is 3. The normalized spacial score (nSPS) is 16.8. The van der Waals surface area contributed by atoms with E-state index in [4.69, 9.17) is 0 Å². The average Bonchev–Trinajstić information content (AvgIpc) is 3.59. The van der Waals surface area contributed by atoms with Gasteiger partial charge in [-0.25, -0.2) is 5.43 Å². The molecule has 0 aromatic heterocycles. The lowest BCUT2D eigenvalue weighted by atomic mass is 9.85. The van der Waals surface area contributed by atoms with E-state index in [0.29, 0.717) is 0 Å². The van der Waals surface area contributed by atoms with Crippen LogP contribution in [-0.4, -0.2) is 25.2 Å². The molecule has 4 rings (SSSR count). The van der Waals surface area contributed by atoms with Crippen LogP contribution in [0.2, 0.25) is 0 Å². The smallest absolute Gasteiger partial charge is 0.244 e. The van der Waals surface area contributed by atoms with E-state index in [9.17, 15) is 4.79 Å². The highest BCUT2D eigenvalue weighted by Crippen LogP contribution is 2.58. The summed E-state index contributed by atoms with van der Waals surface area (Å²) in [5.74, 6) is -0.164. The highest BCUT2D eigenvalue weighted by Gasteiger charge is 2.60.